The fraction of sp³-hybridized carbons (Fsp3) is 0.125. The van der Waals surface area contributed by atoms with Gasteiger partial charge in [-0.15, -0.1) is 0 Å². The van der Waals surface area contributed by atoms with Crippen molar-refractivity contribution in [1.82, 2.24) is 9.78 Å². The molecule has 0 atom stereocenters. The lowest BCUT2D eigenvalue weighted by Gasteiger charge is -2.23. The average Bonchev–Trinajstić information content (AvgIpc) is 2.80. The minimum Gasteiger partial charge on any atom is -0.343 e. The van der Waals surface area contributed by atoms with Gasteiger partial charge < -0.3 is 10.2 Å². The number of hydrogen-bond donors (Lipinski definition) is 1. The van der Waals surface area contributed by atoms with Gasteiger partial charge in [0.15, 0.2) is 5.69 Å². The van der Waals surface area contributed by atoms with Crippen molar-refractivity contribution < 1.29 is 4.79 Å². The van der Waals surface area contributed by atoms with Crippen LogP contribution >= 0.6 is 0 Å². The van der Waals surface area contributed by atoms with Gasteiger partial charge >= 0.3 is 0 Å². The number of hydrogen-bond acceptors (Lipinski definition) is 4. The molecule has 0 fully saturated rings. The molecule has 1 N–H and O–H groups in total. The van der Waals surface area contributed by atoms with Crippen LogP contribution in [0.25, 0.3) is 10.8 Å². The first-order valence-corrected chi connectivity index (χ1v) is 9.79. The van der Waals surface area contributed by atoms with Gasteiger partial charge in [-0.25, -0.2) is 4.68 Å². The van der Waals surface area contributed by atoms with Crippen LogP contribution in [0.1, 0.15) is 17.4 Å². The van der Waals surface area contributed by atoms with Crippen molar-refractivity contribution in [3.8, 4) is 0 Å². The second kappa shape index (κ2) is 8.21. The molecule has 4 rings (SSSR count). The van der Waals surface area contributed by atoms with Gasteiger partial charge in [0.25, 0.3) is 11.5 Å². The van der Waals surface area contributed by atoms with E-state index in [1.165, 1.54) is 4.68 Å². The molecule has 0 spiro atoms. The minimum atomic E-state index is -0.359. The molecule has 1 aromatic heterocycles. The summed E-state index contributed by atoms with van der Waals surface area (Å²) in [7, 11) is 1.95. The first kappa shape index (κ1) is 19.4. The molecule has 0 saturated carbocycles. The zero-order valence-electron chi connectivity index (χ0n) is 16.9. The van der Waals surface area contributed by atoms with E-state index in [-0.39, 0.29) is 17.2 Å². The van der Waals surface area contributed by atoms with Gasteiger partial charge in [0.2, 0.25) is 0 Å². The summed E-state index contributed by atoms with van der Waals surface area (Å²) < 4.78 is 1.32. The van der Waals surface area contributed by atoms with Crippen LogP contribution in [-0.4, -0.2) is 22.7 Å². The maximum Gasteiger partial charge on any atom is 0.276 e. The highest BCUT2D eigenvalue weighted by atomic mass is 16.2. The molecule has 0 aliphatic rings. The zero-order valence-corrected chi connectivity index (χ0v) is 16.9. The Labute approximate surface area is 174 Å². The number of fused-ring (bicyclic) bond motifs is 1. The fourth-order valence-corrected chi connectivity index (χ4v) is 3.46. The Bertz CT molecular complexity index is 1270. The normalized spacial score (nSPS) is 10.7. The van der Waals surface area contributed by atoms with Gasteiger partial charge in [0, 0.05) is 24.7 Å². The molecule has 0 aliphatic heterocycles. The number of aromatic nitrogens is 2. The molecule has 6 nitrogen and oxygen atoms in total. The molecule has 150 valence electrons. The largest absolute Gasteiger partial charge is 0.343 e. The van der Waals surface area contributed by atoms with E-state index in [0.29, 0.717) is 23.0 Å². The molecule has 1 amide bonds. The first-order chi connectivity index (χ1) is 14.6. The van der Waals surface area contributed by atoms with Crippen molar-refractivity contribution in [1.29, 1.82) is 0 Å². The van der Waals surface area contributed by atoms with Crippen molar-refractivity contribution in [2.45, 2.75) is 13.5 Å². The Balaban J connectivity index is 1.74. The van der Waals surface area contributed by atoms with Crippen molar-refractivity contribution in [2.24, 2.45) is 0 Å². The van der Waals surface area contributed by atoms with Crippen molar-refractivity contribution >= 4 is 33.7 Å². The van der Waals surface area contributed by atoms with E-state index in [2.05, 4.69) is 10.4 Å². The summed E-state index contributed by atoms with van der Waals surface area (Å²) >= 11 is 0. The summed E-state index contributed by atoms with van der Waals surface area (Å²) in [4.78, 5) is 27.8. The maximum absolute atomic E-state index is 13.2. The number of benzene rings is 3. The van der Waals surface area contributed by atoms with Crippen molar-refractivity contribution in [3.63, 3.8) is 0 Å². The third-order valence-electron chi connectivity index (χ3n) is 5.04. The standard InChI is InChI=1S/C24H22N4O2/c1-3-28-24(30)19-14-8-7-13-18(19)22(26-28)23(29)25-20-15-9-10-16-21(20)27(2)17-11-5-4-6-12-17/h4-16H,3H2,1-2H3,(H,25,29). The van der Waals surface area contributed by atoms with Crippen LogP contribution < -0.4 is 15.8 Å². The number of rotatable bonds is 5. The number of amides is 1. The number of aryl methyl sites for hydroxylation is 1. The van der Waals surface area contributed by atoms with Crippen molar-refractivity contribution in [2.75, 3.05) is 17.3 Å². The van der Waals surface area contributed by atoms with E-state index in [4.69, 9.17) is 0 Å². The molecule has 3 aromatic carbocycles. The predicted molar refractivity (Wildman–Crippen MR) is 121 cm³/mol. The Morgan fingerprint density at radius 2 is 1.57 bits per heavy atom. The van der Waals surface area contributed by atoms with Crippen LogP contribution in [0.3, 0.4) is 0 Å². The Hall–Kier alpha value is -3.93. The summed E-state index contributed by atoms with van der Waals surface area (Å²) in [5, 5.41) is 8.33. The van der Waals surface area contributed by atoms with Gasteiger partial charge in [-0.2, -0.15) is 5.10 Å². The van der Waals surface area contributed by atoms with E-state index in [9.17, 15) is 9.59 Å². The van der Waals surface area contributed by atoms with Crippen LogP contribution in [0, 0.1) is 0 Å². The second-order valence-electron chi connectivity index (χ2n) is 6.88. The first-order valence-electron chi connectivity index (χ1n) is 9.79. The second-order valence-corrected chi connectivity index (χ2v) is 6.88. The lowest BCUT2D eigenvalue weighted by Crippen LogP contribution is -2.27. The van der Waals surface area contributed by atoms with Gasteiger partial charge in [0.05, 0.1) is 16.8 Å². The lowest BCUT2D eigenvalue weighted by molar-refractivity contribution is 0.102. The average molecular weight is 398 g/mol. The molecule has 6 heteroatoms. The lowest BCUT2D eigenvalue weighted by atomic mass is 10.1. The van der Waals surface area contributed by atoms with E-state index in [1.807, 2.05) is 73.5 Å². The van der Waals surface area contributed by atoms with E-state index in [1.54, 1.807) is 24.3 Å². The summed E-state index contributed by atoms with van der Waals surface area (Å²) in [6.07, 6.45) is 0. The van der Waals surface area contributed by atoms with Crippen LogP contribution in [0.2, 0.25) is 0 Å². The van der Waals surface area contributed by atoms with Crippen LogP contribution in [0.4, 0.5) is 17.1 Å². The Morgan fingerprint density at radius 3 is 2.30 bits per heavy atom. The molecular formula is C24H22N4O2. The summed E-state index contributed by atoms with van der Waals surface area (Å²) in [5.41, 5.74) is 2.54. The highest BCUT2D eigenvalue weighted by Crippen LogP contribution is 2.31. The molecule has 4 aromatic rings. The quantitative estimate of drug-likeness (QED) is 0.540. The molecular weight excluding hydrogens is 376 g/mol. The van der Waals surface area contributed by atoms with Gasteiger partial charge in [-0.3, -0.25) is 9.59 Å². The molecule has 0 unspecified atom stereocenters. The zero-order chi connectivity index (χ0) is 21.1. The highest BCUT2D eigenvalue weighted by Gasteiger charge is 2.18. The monoisotopic (exact) mass is 398 g/mol. The predicted octanol–water partition coefficient (Wildman–Crippen LogP) is 4.44. The number of anilines is 3. The third-order valence-corrected chi connectivity index (χ3v) is 5.04. The van der Waals surface area contributed by atoms with E-state index >= 15 is 0 Å². The number of carbonyl (C=O) groups excluding carboxylic acids is 1. The van der Waals surface area contributed by atoms with E-state index < -0.39 is 0 Å². The Morgan fingerprint density at radius 1 is 0.933 bits per heavy atom. The fourth-order valence-electron chi connectivity index (χ4n) is 3.46. The summed E-state index contributed by atoms with van der Waals surface area (Å²) in [6, 6.07) is 24.6. The Kier molecular flexibility index (Phi) is 5.30. The number of carbonyl (C=O) groups is 1. The number of para-hydroxylation sites is 3. The van der Waals surface area contributed by atoms with E-state index in [0.717, 1.165) is 11.4 Å². The molecule has 0 bridgehead atoms. The third kappa shape index (κ3) is 3.55. The summed E-state index contributed by atoms with van der Waals surface area (Å²) in [5.74, 6) is -0.359. The minimum absolute atomic E-state index is 0.200. The molecule has 0 aliphatic carbocycles. The molecule has 1 heterocycles. The highest BCUT2D eigenvalue weighted by molar-refractivity contribution is 6.12. The number of nitrogens with one attached hydrogen (secondary N) is 1. The molecule has 30 heavy (non-hydrogen) atoms. The molecule has 0 saturated heterocycles. The molecule has 0 radical (unpaired) electrons. The van der Waals surface area contributed by atoms with Crippen molar-refractivity contribution in [3.05, 3.63) is 94.9 Å². The van der Waals surface area contributed by atoms with Crippen LogP contribution in [0.15, 0.2) is 83.7 Å². The SMILES string of the molecule is CCn1nc(C(=O)Nc2ccccc2N(C)c2ccccc2)c2ccccc2c1=O. The number of nitrogens with zero attached hydrogens (tertiary/aromatic N) is 3. The van der Waals surface area contributed by atoms with Gasteiger partial charge in [0.1, 0.15) is 0 Å². The van der Waals surface area contributed by atoms with Crippen LogP contribution in [-0.2, 0) is 6.54 Å². The smallest absolute Gasteiger partial charge is 0.276 e. The maximum atomic E-state index is 13.2. The summed E-state index contributed by atoms with van der Waals surface area (Å²) in [6.45, 7) is 2.21. The van der Waals surface area contributed by atoms with Gasteiger partial charge in [-0.1, -0.05) is 48.5 Å². The van der Waals surface area contributed by atoms with Crippen LogP contribution in [0.5, 0.6) is 0 Å². The van der Waals surface area contributed by atoms with Gasteiger partial charge in [-0.05, 0) is 37.3 Å². The topological polar surface area (TPSA) is 67.2 Å².